The van der Waals surface area contributed by atoms with Gasteiger partial charge in [0, 0.05) is 25.7 Å². The minimum atomic E-state index is 0.282. The third-order valence-electron chi connectivity index (χ3n) is 4.96. The predicted molar refractivity (Wildman–Crippen MR) is 73.7 cm³/mol. The van der Waals surface area contributed by atoms with E-state index in [2.05, 4.69) is 15.9 Å². The fourth-order valence-corrected chi connectivity index (χ4v) is 3.77. The highest BCUT2D eigenvalue weighted by molar-refractivity contribution is 4.94. The second kappa shape index (κ2) is 6.21. The van der Waals surface area contributed by atoms with Crippen LogP contribution in [0.1, 0.15) is 32.1 Å². The van der Waals surface area contributed by atoms with Crippen LogP contribution in [0, 0.1) is 17.2 Å². The van der Waals surface area contributed by atoms with Crippen molar-refractivity contribution in [2.45, 2.75) is 44.2 Å². The number of nitriles is 1. The van der Waals surface area contributed by atoms with Crippen molar-refractivity contribution >= 4 is 0 Å². The van der Waals surface area contributed by atoms with Gasteiger partial charge in [-0.25, -0.2) is 0 Å². The molecule has 0 aliphatic carbocycles. The SMILES string of the molecule is N#CC1CCN(C2CCN(CC3CCCO3)CC2)C1. The molecule has 3 heterocycles. The third-order valence-corrected chi connectivity index (χ3v) is 4.96. The topological polar surface area (TPSA) is 39.5 Å². The van der Waals surface area contributed by atoms with Crippen LogP contribution in [0.4, 0.5) is 0 Å². The molecule has 2 unspecified atom stereocenters. The van der Waals surface area contributed by atoms with Crippen molar-refractivity contribution in [2.24, 2.45) is 5.92 Å². The molecule has 3 rings (SSSR count). The molecule has 3 fully saturated rings. The Morgan fingerprint density at radius 1 is 1.11 bits per heavy atom. The van der Waals surface area contributed by atoms with Crippen LogP contribution in [0.3, 0.4) is 0 Å². The van der Waals surface area contributed by atoms with E-state index < -0.39 is 0 Å². The zero-order chi connectivity index (χ0) is 13.1. The second-order valence-electron chi connectivity index (χ2n) is 6.28. The van der Waals surface area contributed by atoms with Crippen molar-refractivity contribution in [3.05, 3.63) is 0 Å². The zero-order valence-electron chi connectivity index (χ0n) is 11.8. The first-order valence-corrected chi connectivity index (χ1v) is 7.83. The van der Waals surface area contributed by atoms with Gasteiger partial charge in [-0.3, -0.25) is 4.90 Å². The van der Waals surface area contributed by atoms with Gasteiger partial charge in [0.1, 0.15) is 0 Å². The largest absolute Gasteiger partial charge is 0.377 e. The lowest BCUT2D eigenvalue weighted by Gasteiger charge is -2.37. The number of hydrogen-bond donors (Lipinski definition) is 0. The molecule has 19 heavy (non-hydrogen) atoms. The third kappa shape index (κ3) is 3.28. The summed E-state index contributed by atoms with van der Waals surface area (Å²) in [5, 5.41) is 8.98. The van der Waals surface area contributed by atoms with E-state index in [1.165, 1.54) is 38.8 Å². The smallest absolute Gasteiger partial charge is 0.0702 e. The number of ether oxygens (including phenoxy) is 1. The van der Waals surface area contributed by atoms with Crippen LogP contribution >= 0.6 is 0 Å². The Bertz CT molecular complexity index is 327. The summed E-state index contributed by atoms with van der Waals surface area (Å²) < 4.78 is 5.72. The molecule has 0 aromatic carbocycles. The number of likely N-dealkylation sites (tertiary alicyclic amines) is 2. The first-order chi connectivity index (χ1) is 9.35. The minimum absolute atomic E-state index is 0.282. The summed E-state index contributed by atoms with van der Waals surface area (Å²) in [6, 6.07) is 3.14. The monoisotopic (exact) mass is 263 g/mol. The molecule has 4 heteroatoms. The number of rotatable bonds is 3. The van der Waals surface area contributed by atoms with E-state index in [1.54, 1.807) is 0 Å². The van der Waals surface area contributed by atoms with Gasteiger partial charge in [0.2, 0.25) is 0 Å². The van der Waals surface area contributed by atoms with E-state index in [9.17, 15) is 0 Å². The predicted octanol–water partition coefficient (Wildman–Crippen LogP) is 1.48. The van der Waals surface area contributed by atoms with Gasteiger partial charge in [0.25, 0.3) is 0 Å². The molecule has 3 aliphatic rings. The highest BCUT2D eigenvalue weighted by Crippen LogP contribution is 2.24. The Kier molecular flexibility index (Phi) is 4.37. The molecule has 0 amide bonds. The summed E-state index contributed by atoms with van der Waals surface area (Å²) in [6.45, 7) is 6.65. The number of piperidine rings is 1. The summed E-state index contributed by atoms with van der Waals surface area (Å²) in [7, 11) is 0. The molecule has 4 nitrogen and oxygen atoms in total. The van der Waals surface area contributed by atoms with E-state index in [0.717, 1.165) is 38.7 Å². The van der Waals surface area contributed by atoms with E-state index >= 15 is 0 Å². The van der Waals surface area contributed by atoms with E-state index in [0.29, 0.717) is 6.10 Å². The fourth-order valence-electron chi connectivity index (χ4n) is 3.77. The average molecular weight is 263 g/mol. The molecule has 0 radical (unpaired) electrons. The summed E-state index contributed by atoms with van der Waals surface area (Å²) in [5.41, 5.74) is 0. The maximum Gasteiger partial charge on any atom is 0.0702 e. The molecule has 0 aromatic rings. The van der Waals surface area contributed by atoms with Crippen molar-refractivity contribution in [1.29, 1.82) is 5.26 Å². The van der Waals surface area contributed by atoms with Gasteiger partial charge >= 0.3 is 0 Å². The molecule has 0 aromatic heterocycles. The van der Waals surface area contributed by atoms with Gasteiger partial charge in [-0.05, 0) is 51.7 Å². The Morgan fingerprint density at radius 3 is 2.58 bits per heavy atom. The maximum atomic E-state index is 8.98. The fraction of sp³-hybridized carbons (Fsp3) is 0.933. The Hall–Kier alpha value is -0.630. The quantitative estimate of drug-likeness (QED) is 0.773. The molecule has 0 spiro atoms. The van der Waals surface area contributed by atoms with Gasteiger partial charge in [-0.15, -0.1) is 0 Å². The summed E-state index contributed by atoms with van der Waals surface area (Å²) in [4.78, 5) is 5.13. The minimum Gasteiger partial charge on any atom is -0.377 e. The van der Waals surface area contributed by atoms with Crippen LogP contribution < -0.4 is 0 Å². The van der Waals surface area contributed by atoms with Gasteiger partial charge in [0.05, 0.1) is 18.1 Å². The van der Waals surface area contributed by atoms with Gasteiger partial charge in [-0.1, -0.05) is 0 Å². The lowest BCUT2D eigenvalue weighted by Crippen LogP contribution is -2.45. The van der Waals surface area contributed by atoms with Crippen molar-refractivity contribution < 1.29 is 4.74 Å². The van der Waals surface area contributed by atoms with Crippen LogP contribution in [-0.2, 0) is 4.74 Å². The molecule has 0 bridgehead atoms. The van der Waals surface area contributed by atoms with Crippen molar-refractivity contribution in [3.63, 3.8) is 0 Å². The highest BCUT2D eigenvalue weighted by atomic mass is 16.5. The van der Waals surface area contributed by atoms with Gasteiger partial charge < -0.3 is 9.64 Å². The Morgan fingerprint density at radius 2 is 1.95 bits per heavy atom. The first kappa shape index (κ1) is 13.4. The first-order valence-electron chi connectivity index (χ1n) is 7.83. The van der Waals surface area contributed by atoms with Crippen molar-refractivity contribution in [3.8, 4) is 6.07 Å². The van der Waals surface area contributed by atoms with Crippen LogP contribution in [0.5, 0.6) is 0 Å². The summed E-state index contributed by atoms with van der Waals surface area (Å²) in [6.07, 6.45) is 6.59. The summed E-state index contributed by atoms with van der Waals surface area (Å²) >= 11 is 0. The van der Waals surface area contributed by atoms with Crippen LogP contribution in [0.2, 0.25) is 0 Å². The number of hydrogen-bond acceptors (Lipinski definition) is 4. The van der Waals surface area contributed by atoms with Crippen LogP contribution in [0.25, 0.3) is 0 Å². The van der Waals surface area contributed by atoms with E-state index in [4.69, 9.17) is 10.00 Å². The zero-order valence-corrected chi connectivity index (χ0v) is 11.8. The molecule has 3 aliphatic heterocycles. The standard InChI is InChI=1S/C15H25N3O/c16-10-13-3-8-18(11-13)14-4-6-17(7-5-14)12-15-2-1-9-19-15/h13-15H,1-9,11-12H2. The molecule has 0 N–H and O–H groups in total. The Balaban J connectivity index is 1.41. The lowest BCUT2D eigenvalue weighted by atomic mass is 10.0. The molecule has 2 atom stereocenters. The van der Waals surface area contributed by atoms with Gasteiger partial charge in [0.15, 0.2) is 0 Å². The van der Waals surface area contributed by atoms with E-state index in [-0.39, 0.29) is 5.92 Å². The lowest BCUT2D eigenvalue weighted by molar-refractivity contribution is 0.0516. The second-order valence-corrected chi connectivity index (χ2v) is 6.28. The van der Waals surface area contributed by atoms with Crippen LogP contribution in [-0.4, -0.2) is 61.3 Å². The Labute approximate surface area is 116 Å². The van der Waals surface area contributed by atoms with Gasteiger partial charge in [-0.2, -0.15) is 5.26 Å². The molecule has 3 saturated heterocycles. The van der Waals surface area contributed by atoms with E-state index in [1.807, 2.05) is 0 Å². The molecular weight excluding hydrogens is 238 g/mol. The molecule has 106 valence electrons. The normalized spacial score (nSPS) is 34.7. The van der Waals surface area contributed by atoms with Crippen LogP contribution in [0.15, 0.2) is 0 Å². The maximum absolute atomic E-state index is 8.98. The van der Waals surface area contributed by atoms with Crippen molar-refractivity contribution in [2.75, 3.05) is 39.3 Å². The van der Waals surface area contributed by atoms with Crippen molar-refractivity contribution in [1.82, 2.24) is 9.80 Å². The summed E-state index contributed by atoms with van der Waals surface area (Å²) in [5.74, 6) is 0.282. The highest BCUT2D eigenvalue weighted by Gasteiger charge is 2.31. The average Bonchev–Trinajstić information content (AvgIpc) is 3.10. The molecule has 0 saturated carbocycles. The number of nitrogens with zero attached hydrogens (tertiary/aromatic N) is 3. The molecular formula is C15H25N3O.